The number of nitrogens with one attached hydrogen (secondary N) is 1. The summed E-state index contributed by atoms with van der Waals surface area (Å²) in [5.74, 6) is 2.21. The van der Waals surface area contributed by atoms with Crippen LogP contribution in [-0.4, -0.2) is 27.2 Å². The summed E-state index contributed by atoms with van der Waals surface area (Å²) < 4.78 is 15.8. The first-order chi connectivity index (χ1) is 9.69. The first-order valence-electron chi connectivity index (χ1n) is 6.76. The highest BCUT2D eigenvalue weighted by Crippen LogP contribution is 2.34. The second kappa shape index (κ2) is 6.50. The normalized spacial score (nSPS) is 14.3. The van der Waals surface area contributed by atoms with E-state index in [-0.39, 0.29) is 11.8 Å². The van der Waals surface area contributed by atoms with Gasteiger partial charge in [-0.2, -0.15) is 0 Å². The zero-order valence-electron chi connectivity index (χ0n) is 12.2. The molecule has 0 unspecified atom stereocenters. The molecule has 1 aliphatic rings. The molecule has 20 heavy (non-hydrogen) atoms. The highest BCUT2D eigenvalue weighted by molar-refractivity contribution is 5.79. The molecular formula is C15H21NO4. The molecule has 0 spiro atoms. The van der Waals surface area contributed by atoms with E-state index in [1.165, 1.54) is 0 Å². The predicted octanol–water partition coefficient (Wildman–Crippen LogP) is 2.13. The van der Waals surface area contributed by atoms with Gasteiger partial charge in [0.1, 0.15) is 5.75 Å². The molecule has 0 saturated heterocycles. The van der Waals surface area contributed by atoms with Gasteiger partial charge in [-0.25, -0.2) is 0 Å². The first-order valence-corrected chi connectivity index (χ1v) is 6.76. The Labute approximate surface area is 119 Å². The fraction of sp³-hybridized carbons (Fsp3) is 0.533. The number of hydrogen-bond acceptors (Lipinski definition) is 4. The summed E-state index contributed by atoms with van der Waals surface area (Å²) in [5.41, 5.74) is 0.873. The Morgan fingerprint density at radius 3 is 2.20 bits per heavy atom. The molecule has 1 saturated carbocycles. The highest BCUT2D eigenvalue weighted by atomic mass is 16.5. The number of rotatable bonds is 6. The van der Waals surface area contributed by atoms with Crippen molar-refractivity contribution < 1.29 is 19.0 Å². The van der Waals surface area contributed by atoms with E-state index in [1.807, 2.05) is 6.07 Å². The van der Waals surface area contributed by atoms with E-state index < -0.39 is 0 Å². The maximum absolute atomic E-state index is 11.9. The third kappa shape index (κ3) is 2.98. The van der Waals surface area contributed by atoms with Crippen LogP contribution in [0, 0.1) is 5.92 Å². The quantitative estimate of drug-likeness (QED) is 0.866. The molecule has 1 aliphatic carbocycles. The van der Waals surface area contributed by atoms with Crippen molar-refractivity contribution in [2.75, 3.05) is 21.3 Å². The molecule has 0 bridgehead atoms. The van der Waals surface area contributed by atoms with Crippen LogP contribution in [0.5, 0.6) is 17.2 Å². The third-order valence-electron chi connectivity index (χ3n) is 3.72. The van der Waals surface area contributed by atoms with Crippen LogP contribution in [0.3, 0.4) is 0 Å². The Morgan fingerprint density at radius 2 is 1.70 bits per heavy atom. The van der Waals surface area contributed by atoms with Crippen LogP contribution in [0.1, 0.15) is 24.8 Å². The van der Waals surface area contributed by atoms with Gasteiger partial charge in [-0.1, -0.05) is 6.42 Å². The minimum absolute atomic E-state index is 0.119. The Morgan fingerprint density at radius 1 is 1.10 bits per heavy atom. The smallest absolute Gasteiger partial charge is 0.223 e. The molecule has 1 amide bonds. The van der Waals surface area contributed by atoms with Gasteiger partial charge in [-0.15, -0.1) is 0 Å². The van der Waals surface area contributed by atoms with Gasteiger partial charge < -0.3 is 19.5 Å². The lowest BCUT2D eigenvalue weighted by Gasteiger charge is -2.24. The summed E-state index contributed by atoms with van der Waals surface area (Å²) in [7, 11) is 4.76. The SMILES string of the molecule is COc1cc(OC)c(OC)cc1CNC(=O)C1CCC1. The fourth-order valence-electron chi connectivity index (χ4n) is 2.23. The van der Waals surface area contributed by atoms with Crippen LogP contribution in [0.2, 0.25) is 0 Å². The van der Waals surface area contributed by atoms with Crippen molar-refractivity contribution in [3.05, 3.63) is 17.7 Å². The van der Waals surface area contributed by atoms with E-state index >= 15 is 0 Å². The zero-order chi connectivity index (χ0) is 14.5. The van der Waals surface area contributed by atoms with Gasteiger partial charge in [0.15, 0.2) is 11.5 Å². The number of amides is 1. The summed E-state index contributed by atoms with van der Waals surface area (Å²) in [5, 5.41) is 2.95. The fourth-order valence-corrected chi connectivity index (χ4v) is 2.23. The molecule has 110 valence electrons. The molecule has 1 aromatic carbocycles. The van der Waals surface area contributed by atoms with E-state index in [0.29, 0.717) is 23.8 Å². The van der Waals surface area contributed by atoms with Gasteiger partial charge in [-0.05, 0) is 18.9 Å². The van der Waals surface area contributed by atoms with Crippen molar-refractivity contribution >= 4 is 5.91 Å². The molecule has 0 atom stereocenters. The summed E-state index contributed by atoms with van der Waals surface area (Å²) in [6.45, 7) is 0.429. The second-order valence-corrected chi connectivity index (χ2v) is 4.86. The van der Waals surface area contributed by atoms with Crippen molar-refractivity contribution in [1.29, 1.82) is 0 Å². The number of carbonyl (C=O) groups excluding carboxylic acids is 1. The van der Waals surface area contributed by atoms with Crippen molar-refractivity contribution in [1.82, 2.24) is 5.32 Å². The molecule has 1 fully saturated rings. The molecular weight excluding hydrogens is 258 g/mol. The molecule has 5 nitrogen and oxygen atoms in total. The maximum Gasteiger partial charge on any atom is 0.223 e. The van der Waals surface area contributed by atoms with E-state index in [2.05, 4.69) is 5.32 Å². The van der Waals surface area contributed by atoms with E-state index in [4.69, 9.17) is 14.2 Å². The van der Waals surface area contributed by atoms with Gasteiger partial charge in [-0.3, -0.25) is 4.79 Å². The first kappa shape index (κ1) is 14.5. The lowest BCUT2D eigenvalue weighted by molar-refractivity contribution is -0.127. The Bertz CT molecular complexity index is 483. The molecule has 1 N–H and O–H groups in total. The van der Waals surface area contributed by atoms with Crippen LogP contribution in [0.4, 0.5) is 0 Å². The predicted molar refractivity (Wildman–Crippen MR) is 75.3 cm³/mol. The molecule has 1 aromatic rings. The number of benzene rings is 1. The Balaban J connectivity index is 2.10. The van der Waals surface area contributed by atoms with Gasteiger partial charge in [0.05, 0.1) is 21.3 Å². The van der Waals surface area contributed by atoms with E-state index in [1.54, 1.807) is 27.4 Å². The molecule has 0 heterocycles. The number of hydrogen-bond donors (Lipinski definition) is 1. The number of ether oxygens (including phenoxy) is 3. The van der Waals surface area contributed by atoms with Crippen LogP contribution >= 0.6 is 0 Å². The topological polar surface area (TPSA) is 56.8 Å². The third-order valence-corrected chi connectivity index (χ3v) is 3.72. The van der Waals surface area contributed by atoms with Crippen molar-refractivity contribution in [3.63, 3.8) is 0 Å². The van der Waals surface area contributed by atoms with Gasteiger partial charge in [0, 0.05) is 24.1 Å². The van der Waals surface area contributed by atoms with Crippen molar-refractivity contribution in [2.24, 2.45) is 5.92 Å². The van der Waals surface area contributed by atoms with E-state index in [0.717, 1.165) is 24.8 Å². The minimum Gasteiger partial charge on any atom is -0.496 e. The second-order valence-electron chi connectivity index (χ2n) is 4.86. The number of methoxy groups -OCH3 is 3. The average molecular weight is 279 g/mol. The molecule has 0 aliphatic heterocycles. The molecule has 2 rings (SSSR count). The Hall–Kier alpha value is -1.91. The van der Waals surface area contributed by atoms with Gasteiger partial charge in [0.2, 0.25) is 5.91 Å². The maximum atomic E-state index is 11.9. The minimum atomic E-state index is 0.119. The lowest BCUT2D eigenvalue weighted by Crippen LogP contribution is -2.34. The molecule has 0 aromatic heterocycles. The highest BCUT2D eigenvalue weighted by Gasteiger charge is 2.25. The Kier molecular flexibility index (Phi) is 4.71. The van der Waals surface area contributed by atoms with Crippen molar-refractivity contribution in [3.8, 4) is 17.2 Å². The zero-order valence-corrected chi connectivity index (χ0v) is 12.2. The van der Waals surface area contributed by atoms with Gasteiger partial charge >= 0.3 is 0 Å². The summed E-state index contributed by atoms with van der Waals surface area (Å²) in [6, 6.07) is 3.60. The molecule has 0 radical (unpaired) electrons. The van der Waals surface area contributed by atoms with Crippen LogP contribution in [0.15, 0.2) is 12.1 Å². The van der Waals surface area contributed by atoms with Gasteiger partial charge in [0.25, 0.3) is 0 Å². The monoisotopic (exact) mass is 279 g/mol. The van der Waals surface area contributed by atoms with E-state index in [9.17, 15) is 4.79 Å². The van der Waals surface area contributed by atoms with Crippen LogP contribution < -0.4 is 19.5 Å². The lowest BCUT2D eigenvalue weighted by atomic mass is 9.85. The summed E-state index contributed by atoms with van der Waals surface area (Å²) in [6.07, 6.45) is 3.14. The van der Waals surface area contributed by atoms with Crippen LogP contribution in [-0.2, 0) is 11.3 Å². The standard InChI is InChI=1S/C15H21NO4/c1-18-12-8-14(20-3)13(19-2)7-11(12)9-16-15(17)10-5-4-6-10/h7-8,10H,4-6,9H2,1-3H3,(H,16,17). The van der Waals surface area contributed by atoms with Crippen LogP contribution in [0.25, 0.3) is 0 Å². The largest absolute Gasteiger partial charge is 0.496 e. The summed E-state index contributed by atoms with van der Waals surface area (Å²) in [4.78, 5) is 11.9. The average Bonchev–Trinajstić information content (AvgIpc) is 2.42. The number of carbonyl (C=O) groups is 1. The van der Waals surface area contributed by atoms with Crippen molar-refractivity contribution in [2.45, 2.75) is 25.8 Å². The molecule has 5 heteroatoms. The summed E-state index contributed by atoms with van der Waals surface area (Å²) >= 11 is 0.